The Morgan fingerprint density at radius 3 is 2.75 bits per heavy atom. The van der Waals surface area contributed by atoms with E-state index in [0.29, 0.717) is 31.7 Å². The molecule has 1 heterocycles. The van der Waals surface area contributed by atoms with Crippen molar-refractivity contribution in [2.45, 2.75) is 18.6 Å². The standard InChI is InChI=1S/C14H23N3O3/c15-11-1-2-13(10(7-11)3-5-18)17-8-12(14(20)9-17)16-4-6-19/h1-2,7,12,14,16,18-20H,3-6,8-9,15H2. The van der Waals surface area contributed by atoms with Gasteiger partial charge >= 0.3 is 0 Å². The van der Waals surface area contributed by atoms with Crippen molar-refractivity contribution in [2.24, 2.45) is 0 Å². The molecule has 6 N–H and O–H groups in total. The third-order valence-corrected chi connectivity index (χ3v) is 3.63. The lowest BCUT2D eigenvalue weighted by molar-refractivity contribution is 0.159. The van der Waals surface area contributed by atoms with Gasteiger partial charge in [0.15, 0.2) is 0 Å². The molecule has 2 rings (SSSR count). The molecule has 112 valence electrons. The van der Waals surface area contributed by atoms with E-state index in [4.69, 9.17) is 15.9 Å². The van der Waals surface area contributed by atoms with E-state index in [1.165, 1.54) is 0 Å². The highest BCUT2D eigenvalue weighted by Gasteiger charge is 2.31. The molecule has 2 unspecified atom stereocenters. The number of hydrogen-bond donors (Lipinski definition) is 5. The van der Waals surface area contributed by atoms with E-state index in [2.05, 4.69) is 10.2 Å². The first-order valence-electron chi connectivity index (χ1n) is 6.92. The van der Waals surface area contributed by atoms with Crippen molar-refractivity contribution in [3.8, 4) is 0 Å². The average molecular weight is 281 g/mol. The monoisotopic (exact) mass is 281 g/mol. The smallest absolute Gasteiger partial charge is 0.0884 e. The maximum absolute atomic E-state index is 10.1. The molecule has 1 fully saturated rings. The highest BCUT2D eigenvalue weighted by Crippen LogP contribution is 2.27. The van der Waals surface area contributed by atoms with Gasteiger partial charge in [-0.2, -0.15) is 0 Å². The highest BCUT2D eigenvalue weighted by atomic mass is 16.3. The average Bonchev–Trinajstić information content (AvgIpc) is 2.78. The molecule has 1 aromatic rings. The van der Waals surface area contributed by atoms with Crippen LogP contribution in [0.15, 0.2) is 18.2 Å². The van der Waals surface area contributed by atoms with Crippen molar-refractivity contribution in [3.63, 3.8) is 0 Å². The zero-order chi connectivity index (χ0) is 14.5. The summed E-state index contributed by atoms with van der Waals surface area (Å²) in [6, 6.07) is 5.58. The predicted molar refractivity (Wildman–Crippen MR) is 78.7 cm³/mol. The van der Waals surface area contributed by atoms with Gasteiger partial charge < -0.3 is 31.3 Å². The van der Waals surface area contributed by atoms with E-state index in [1.807, 2.05) is 18.2 Å². The van der Waals surface area contributed by atoms with Crippen LogP contribution in [0, 0.1) is 0 Å². The van der Waals surface area contributed by atoms with Crippen LogP contribution in [-0.2, 0) is 6.42 Å². The quantitative estimate of drug-likeness (QED) is 0.426. The second-order valence-corrected chi connectivity index (χ2v) is 5.12. The van der Waals surface area contributed by atoms with Crippen LogP contribution >= 0.6 is 0 Å². The number of nitrogens with zero attached hydrogens (tertiary/aromatic N) is 1. The van der Waals surface area contributed by atoms with Gasteiger partial charge in [-0.3, -0.25) is 0 Å². The van der Waals surface area contributed by atoms with Gasteiger partial charge in [-0.25, -0.2) is 0 Å². The molecule has 1 aliphatic rings. The summed E-state index contributed by atoms with van der Waals surface area (Å²) in [7, 11) is 0. The number of rotatable bonds is 6. The number of β-amino-alcohol motifs (C(OH)–C–C–N with tert-alkyl or cyclic N) is 1. The molecule has 1 saturated heterocycles. The van der Waals surface area contributed by atoms with Crippen molar-refractivity contribution >= 4 is 11.4 Å². The normalized spacial score (nSPS) is 22.4. The first-order valence-corrected chi connectivity index (χ1v) is 6.92. The van der Waals surface area contributed by atoms with E-state index < -0.39 is 6.10 Å². The van der Waals surface area contributed by atoms with Crippen LogP contribution in [-0.4, -0.2) is 60.3 Å². The van der Waals surface area contributed by atoms with Crippen molar-refractivity contribution < 1.29 is 15.3 Å². The Kier molecular flexibility index (Phi) is 5.19. The third-order valence-electron chi connectivity index (χ3n) is 3.63. The maximum atomic E-state index is 10.1. The molecule has 0 aliphatic carbocycles. The number of aliphatic hydroxyl groups excluding tert-OH is 3. The van der Waals surface area contributed by atoms with E-state index in [-0.39, 0.29) is 19.3 Å². The van der Waals surface area contributed by atoms with Gasteiger partial charge in [-0.05, 0) is 30.2 Å². The molecule has 0 amide bonds. The number of aliphatic hydroxyl groups is 3. The minimum atomic E-state index is -0.471. The SMILES string of the molecule is Nc1ccc(N2CC(O)C(NCCO)C2)c(CCO)c1. The van der Waals surface area contributed by atoms with Gasteiger partial charge in [-0.1, -0.05) is 0 Å². The Bertz CT molecular complexity index is 442. The summed E-state index contributed by atoms with van der Waals surface area (Å²) in [5.74, 6) is 0. The first kappa shape index (κ1) is 15.1. The Labute approximate surface area is 118 Å². The van der Waals surface area contributed by atoms with Crippen LogP contribution in [0.1, 0.15) is 5.56 Å². The largest absolute Gasteiger partial charge is 0.399 e. The van der Waals surface area contributed by atoms with Gasteiger partial charge in [0.1, 0.15) is 0 Å². The van der Waals surface area contributed by atoms with Crippen molar-refractivity contribution in [2.75, 3.05) is 43.5 Å². The molecule has 0 spiro atoms. The van der Waals surface area contributed by atoms with Crippen LogP contribution in [0.3, 0.4) is 0 Å². The summed E-state index contributed by atoms with van der Waals surface area (Å²) in [6.45, 7) is 1.80. The van der Waals surface area contributed by atoms with Crippen molar-refractivity contribution in [3.05, 3.63) is 23.8 Å². The fourth-order valence-corrected chi connectivity index (χ4v) is 2.67. The minimum absolute atomic E-state index is 0.0540. The van der Waals surface area contributed by atoms with Gasteiger partial charge in [0.2, 0.25) is 0 Å². The summed E-state index contributed by atoms with van der Waals surface area (Å²) in [5, 5.41) is 31.2. The lowest BCUT2D eigenvalue weighted by Crippen LogP contribution is -2.40. The van der Waals surface area contributed by atoms with Gasteiger partial charge in [0.05, 0.1) is 18.8 Å². The number of anilines is 2. The van der Waals surface area contributed by atoms with E-state index in [0.717, 1.165) is 11.3 Å². The number of benzene rings is 1. The topological polar surface area (TPSA) is 102 Å². The Morgan fingerprint density at radius 1 is 1.25 bits per heavy atom. The van der Waals surface area contributed by atoms with Gasteiger partial charge in [0, 0.05) is 37.6 Å². The molecular formula is C14H23N3O3. The van der Waals surface area contributed by atoms with Crippen LogP contribution < -0.4 is 16.0 Å². The second kappa shape index (κ2) is 6.90. The lowest BCUT2D eigenvalue weighted by atomic mass is 10.1. The number of hydrogen-bond acceptors (Lipinski definition) is 6. The Hall–Kier alpha value is -1.34. The lowest BCUT2D eigenvalue weighted by Gasteiger charge is -2.22. The van der Waals surface area contributed by atoms with Crippen LogP contribution in [0.2, 0.25) is 0 Å². The molecule has 2 atom stereocenters. The van der Waals surface area contributed by atoms with Gasteiger partial charge in [-0.15, -0.1) is 0 Å². The van der Waals surface area contributed by atoms with E-state index >= 15 is 0 Å². The minimum Gasteiger partial charge on any atom is -0.399 e. The fraction of sp³-hybridized carbons (Fsp3) is 0.571. The molecule has 20 heavy (non-hydrogen) atoms. The highest BCUT2D eigenvalue weighted by molar-refractivity contribution is 5.60. The summed E-state index contributed by atoms with van der Waals surface area (Å²) < 4.78 is 0. The zero-order valence-electron chi connectivity index (χ0n) is 11.5. The number of nitrogen functional groups attached to an aromatic ring is 1. The Balaban J connectivity index is 2.12. The van der Waals surface area contributed by atoms with E-state index in [1.54, 1.807) is 0 Å². The van der Waals surface area contributed by atoms with Crippen LogP contribution in [0.25, 0.3) is 0 Å². The zero-order valence-corrected chi connectivity index (χ0v) is 11.5. The summed E-state index contributed by atoms with van der Waals surface area (Å²) >= 11 is 0. The van der Waals surface area contributed by atoms with Crippen LogP contribution in [0.5, 0.6) is 0 Å². The second-order valence-electron chi connectivity index (χ2n) is 5.12. The number of nitrogens with two attached hydrogens (primary N) is 1. The Morgan fingerprint density at radius 2 is 2.05 bits per heavy atom. The summed E-state index contributed by atoms with van der Waals surface area (Å²) in [4.78, 5) is 2.09. The molecule has 6 nitrogen and oxygen atoms in total. The van der Waals surface area contributed by atoms with Gasteiger partial charge in [0.25, 0.3) is 0 Å². The van der Waals surface area contributed by atoms with Crippen molar-refractivity contribution in [1.29, 1.82) is 0 Å². The molecule has 0 aromatic heterocycles. The summed E-state index contributed by atoms with van der Waals surface area (Å²) in [6.07, 6.45) is 0.0721. The van der Waals surface area contributed by atoms with Crippen molar-refractivity contribution in [1.82, 2.24) is 5.32 Å². The molecule has 0 saturated carbocycles. The molecule has 0 radical (unpaired) electrons. The molecular weight excluding hydrogens is 258 g/mol. The third kappa shape index (κ3) is 3.40. The molecule has 0 bridgehead atoms. The van der Waals surface area contributed by atoms with E-state index in [9.17, 15) is 5.11 Å². The number of nitrogens with one attached hydrogen (secondary N) is 1. The fourth-order valence-electron chi connectivity index (χ4n) is 2.67. The summed E-state index contributed by atoms with van der Waals surface area (Å²) in [5.41, 5.74) is 8.45. The maximum Gasteiger partial charge on any atom is 0.0884 e. The first-order chi connectivity index (χ1) is 9.65. The molecule has 1 aliphatic heterocycles. The molecule has 6 heteroatoms. The van der Waals surface area contributed by atoms with Crippen LogP contribution in [0.4, 0.5) is 11.4 Å². The predicted octanol–water partition coefficient (Wildman–Crippen LogP) is -1.06. The molecule has 1 aromatic carbocycles.